The largest absolute Gasteiger partial charge is 0.507 e. The molecule has 0 amide bonds. The van der Waals surface area contributed by atoms with Gasteiger partial charge in [-0.3, -0.25) is 0 Å². The summed E-state index contributed by atoms with van der Waals surface area (Å²) in [5, 5.41) is 18.7. The van der Waals surface area contributed by atoms with Gasteiger partial charge in [0.25, 0.3) is 0 Å². The SMILES string of the molecule is COc1ccc(C(C)=NN=c2sc3ccccc3n2C)c(O)c1. The first kappa shape index (κ1) is 15.3. The van der Waals surface area contributed by atoms with E-state index in [4.69, 9.17) is 4.74 Å². The number of nitrogens with zero attached hydrogens (tertiary/aromatic N) is 3. The Balaban J connectivity index is 2.01. The smallest absolute Gasteiger partial charge is 0.211 e. The van der Waals surface area contributed by atoms with Gasteiger partial charge in [0.05, 0.1) is 23.0 Å². The molecule has 23 heavy (non-hydrogen) atoms. The first-order chi connectivity index (χ1) is 11.1. The van der Waals surface area contributed by atoms with Gasteiger partial charge < -0.3 is 14.4 Å². The third-order valence-corrected chi connectivity index (χ3v) is 4.70. The minimum absolute atomic E-state index is 0.126. The van der Waals surface area contributed by atoms with Crippen molar-refractivity contribution in [2.75, 3.05) is 7.11 Å². The van der Waals surface area contributed by atoms with Crippen LogP contribution in [0.4, 0.5) is 0 Å². The maximum Gasteiger partial charge on any atom is 0.211 e. The van der Waals surface area contributed by atoms with Crippen molar-refractivity contribution >= 4 is 27.3 Å². The summed E-state index contributed by atoms with van der Waals surface area (Å²) in [6.45, 7) is 1.82. The first-order valence-electron chi connectivity index (χ1n) is 7.10. The number of ether oxygens (including phenoxy) is 1. The normalized spacial score (nSPS) is 12.8. The quantitative estimate of drug-likeness (QED) is 0.593. The van der Waals surface area contributed by atoms with Crippen LogP contribution in [0.15, 0.2) is 52.7 Å². The molecule has 1 aromatic heterocycles. The first-order valence-corrected chi connectivity index (χ1v) is 7.92. The van der Waals surface area contributed by atoms with Gasteiger partial charge in [-0.2, -0.15) is 5.10 Å². The number of phenolic OH excluding ortho intramolecular Hbond substituents is 1. The summed E-state index contributed by atoms with van der Waals surface area (Å²) in [6.07, 6.45) is 0. The van der Waals surface area contributed by atoms with E-state index in [0.29, 0.717) is 17.0 Å². The average molecular weight is 327 g/mol. The Morgan fingerprint density at radius 2 is 2.00 bits per heavy atom. The van der Waals surface area contributed by atoms with Gasteiger partial charge in [-0.05, 0) is 31.2 Å². The van der Waals surface area contributed by atoms with E-state index in [2.05, 4.69) is 22.3 Å². The summed E-state index contributed by atoms with van der Waals surface area (Å²) in [4.78, 5) is 0.804. The number of aromatic nitrogens is 1. The third-order valence-electron chi connectivity index (χ3n) is 3.60. The van der Waals surface area contributed by atoms with Crippen LogP contribution in [0.3, 0.4) is 0 Å². The lowest BCUT2D eigenvalue weighted by Crippen LogP contribution is -2.09. The Morgan fingerprint density at radius 1 is 1.22 bits per heavy atom. The number of para-hydroxylation sites is 1. The summed E-state index contributed by atoms with van der Waals surface area (Å²) in [5.41, 5.74) is 2.40. The zero-order chi connectivity index (χ0) is 16.4. The molecule has 6 heteroatoms. The van der Waals surface area contributed by atoms with Crippen LogP contribution in [-0.4, -0.2) is 22.5 Å². The van der Waals surface area contributed by atoms with Crippen molar-refractivity contribution in [3.63, 3.8) is 0 Å². The molecule has 0 fully saturated rings. The van der Waals surface area contributed by atoms with E-state index in [1.807, 2.05) is 30.7 Å². The summed E-state index contributed by atoms with van der Waals surface area (Å²) in [6, 6.07) is 13.2. The van der Waals surface area contributed by atoms with Crippen molar-refractivity contribution < 1.29 is 9.84 Å². The van der Waals surface area contributed by atoms with Gasteiger partial charge in [0.15, 0.2) is 0 Å². The van der Waals surface area contributed by atoms with Gasteiger partial charge in [0.1, 0.15) is 11.5 Å². The Bertz CT molecular complexity index is 954. The Hall–Kier alpha value is -2.60. The lowest BCUT2D eigenvalue weighted by atomic mass is 10.1. The van der Waals surface area contributed by atoms with Gasteiger partial charge in [-0.25, -0.2) is 0 Å². The molecule has 0 aliphatic heterocycles. The van der Waals surface area contributed by atoms with Crippen LogP contribution in [0.5, 0.6) is 11.5 Å². The molecule has 0 unspecified atom stereocenters. The molecular weight excluding hydrogens is 310 g/mol. The fourth-order valence-electron chi connectivity index (χ4n) is 2.29. The van der Waals surface area contributed by atoms with Crippen LogP contribution in [0.2, 0.25) is 0 Å². The minimum atomic E-state index is 0.126. The van der Waals surface area contributed by atoms with E-state index >= 15 is 0 Å². The number of aryl methyl sites for hydroxylation is 1. The molecule has 0 radical (unpaired) electrons. The molecular formula is C17H17N3O2S. The number of hydrogen-bond donors (Lipinski definition) is 1. The summed E-state index contributed by atoms with van der Waals surface area (Å²) >= 11 is 1.58. The Labute approximate surface area is 137 Å². The fourth-order valence-corrected chi connectivity index (χ4v) is 3.26. The number of benzene rings is 2. The predicted molar refractivity (Wildman–Crippen MR) is 93.2 cm³/mol. The monoisotopic (exact) mass is 327 g/mol. The van der Waals surface area contributed by atoms with Gasteiger partial charge in [-0.15, -0.1) is 5.10 Å². The molecule has 3 rings (SSSR count). The number of fused-ring (bicyclic) bond motifs is 1. The Kier molecular flexibility index (Phi) is 4.16. The molecule has 3 aromatic rings. The minimum Gasteiger partial charge on any atom is -0.507 e. The zero-order valence-corrected chi connectivity index (χ0v) is 14.0. The maximum atomic E-state index is 10.1. The van der Waals surface area contributed by atoms with Crippen molar-refractivity contribution in [1.29, 1.82) is 0 Å². The Morgan fingerprint density at radius 3 is 2.70 bits per heavy atom. The number of rotatable bonds is 3. The molecule has 0 atom stereocenters. The van der Waals surface area contributed by atoms with E-state index in [0.717, 1.165) is 15.0 Å². The maximum absolute atomic E-state index is 10.1. The highest BCUT2D eigenvalue weighted by Crippen LogP contribution is 2.24. The van der Waals surface area contributed by atoms with Crippen molar-refractivity contribution in [3.05, 3.63) is 52.8 Å². The van der Waals surface area contributed by atoms with Crippen molar-refractivity contribution in [3.8, 4) is 11.5 Å². The molecule has 0 aliphatic rings. The molecule has 2 aromatic carbocycles. The second-order valence-corrected chi connectivity index (χ2v) is 6.09. The number of thiazole rings is 1. The number of phenols is 1. The highest BCUT2D eigenvalue weighted by molar-refractivity contribution is 7.16. The van der Waals surface area contributed by atoms with E-state index in [1.54, 1.807) is 36.6 Å². The average Bonchev–Trinajstić information content (AvgIpc) is 2.89. The van der Waals surface area contributed by atoms with Gasteiger partial charge in [0, 0.05) is 18.7 Å². The summed E-state index contributed by atoms with van der Waals surface area (Å²) in [7, 11) is 3.53. The molecule has 0 saturated carbocycles. The number of aromatic hydroxyl groups is 1. The van der Waals surface area contributed by atoms with E-state index in [9.17, 15) is 5.11 Å². The lowest BCUT2D eigenvalue weighted by molar-refractivity contribution is 0.407. The van der Waals surface area contributed by atoms with Gasteiger partial charge >= 0.3 is 0 Å². The fraction of sp³-hybridized carbons (Fsp3) is 0.176. The molecule has 0 bridgehead atoms. The highest BCUT2D eigenvalue weighted by Gasteiger charge is 2.06. The molecule has 1 heterocycles. The molecule has 0 spiro atoms. The number of methoxy groups -OCH3 is 1. The van der Waals surface area contributed by atoms with E-state index in [-0.39, 0.29) is 5.75 Å². The van der Waals surface area contributed by atoms with Crippen molar-refractivity contribution in [2.45, 2.75) is 6.92 Å². The predicted octanol–water partition coefficient (Wildman–Crippen LogP) is 3.28. The molecule has 1 N–H and O–H groups in total. The van der Waals surface area contributed by atoms with Crippen LogP contribution in [-0.2, 0) is 7.05 Å². The standard InChI is InChI=1S/C17H17N3O2S/c1-11(13-9-8-12(22-3)10-15(13)21)18-19-17-20(2)14-6-4-5-7-16(14)23-17/h4-10,21H,1-3H3. The topological polar surface area (TPSA) is 59.1 Å². The van der Waals surface area contributed by atoms with Crippen LogP contribution in [0.25, 0.3) is 10.2 Å². The van der Waals surface area contributed by atoms with Crippen LogP contribution in [0.1, 0.15) is 12.5 Å². The highest BCUT2D eigenvalue weighted by atomic mass is 32.1. The zero-order valence-electron chi connectivity index (χ0n) is 13.1. The van der Waals surface area contributed by atoms with Crippen molar-refractivity contribution in [1.82, 2.24) is 4.57 Å². The van der Waals surface area contributed by atoms with Crippen LogP contribution in [0, 0.1) is 0 Å². The van der Waals surface area contributed by atoms with Crippen LogP contribution < -0.4 is 9.54 Å². The molecule has 0 saturated heterocycles. The summed E-state index contributed by atoms with van der Waals surface area (Å²) < 4.78 is 8.25. The van der Waals surface area contributed by atoms with Gasteiger partial charge in [0.2, 0.25) is 4.80 Å². The molecule has 5 nitrogen and oxygen atoms in total. The molecule has 118 valence electrons. The van der Waals surface area contributed by atoms with Gasteiger partial charge in [-0.1, -0.05) is 23.5 Å². The number of hydrogen-bond acceptors (Lipinski definition) is 5. The summed E-state index contributed by atoms with van der Waals surface area (Å²) in [5.74, 6) is 0.730. The van der Waals surface area contributed by atoms with Crippen molar-refractivity contribution in [2.24, 2.45) is 17.3 Å². The van der Waals surface area contributed by atoms with E-state index in [1.165, 1.54) is 0 Å². The van der Waals surface area contributed by atoms with E-state index < -0.39 is 0 Å². The second-order valence-electron chi connectivity index (χ2n) is 5.08. The third kappa shape index (κ3) is 2.98. The van der Waals surface area contributed by atoms with Crippen LogP contribution >= 0.6 is 11.3 Å². The second kappa shape index (κ2) is 6.26. The lowest BCUT2D eigenvalue weighted by Gasteiger charge is -2.05. The molecule has 0 aliphatic carbocycles.